The molecule has 0 fully saturated rings. The molecule has 5 aromatic rings. The van der Waals surface area contributed by atoms with Gasteiger partial charge in [-0.3, -0.25) is 0 Å². The second-order valence-corrected chi connectivity index (χ2v) is 8.47. The number of allylic oxidation sites excluding steroid dienone is 1. The molecule has 0 bridgehead atoms. The molecule has 0 N–H and O–H groups in total. The minimum Gasteiger partial charge on any atom is -0.0955 e. The van der Waals surface area contributed by atoms with Crippen molar-refractivity contribution in [2.75, 3.05) is 0 Å². The zero-order valence-corrected chi connectivity index (χ0v) is 18.8. The molecule has 0 aliphatic rings. The molecule has 0 atom stereocenters. The SMILES string of the molecule is C=C(C)c1cccc(-c2cccc(-c3cccc(-c4cccc(-c5ccccc5)c4)c3)c2)c1. The van der Waals surface area contributed by atoms with Crippen molar-refractivity contribution in [3.8, 4) is 44.5 Å². The first-order chi connectivity index (χ1) is 16.2. The first-order valence-corrected chi connectivity index (χ1v) is 11.3. The molecule has 0 heterocycles. The van der Waals surface area contributed by atoms with Crippen LogP contribution in [0.5, 0.6) is 0 Å². The lowest BCUT2D eigenvalue weighted by Crippen LogP contribution is -1.85. The summed E-state index contributed by atoms with van der Waals surface area (Å²) in [7, 11) is 0. The molecule has 0 aliphatic heterocycles. The number of rotatable bonds is 5. The highest BCUT2D eigenvalue weighted by Gasteiger charge is 2.06. The van der Waals surface area contributed by atoms with Crippen LogP contribution in [-0.2, 0) is 0 Å². The van der Waals surface area contributed by atoms with Crippen LogP contribution in [-0.4, -0.2) is 0 Å². The Morgan fingerprint density at radius 2 is 0.727 bits per heavy atom. The van der Waals surface area contributed by atoms with Gasteiger partial charge in [-0.2, -0.15) is 0 Å². The van der Waals surface area contributed by atoms with E-state index < -0.39 is 0 Å². The Hall–Kier alpha value is -4.16. The van der Waals surface area contributed by atoms with Crippen LogP contribution in [0.1, 0.15) is 12.5 Å². The van der Waals surface area contributed by atoms with E-state index in [9.17, 15) is 0 Å². The summed E-state index contributed by atoms with van der Waals surface area (Å²) < 4.78 is 0. The van der Waals surface area contributed by atoms with Crippen LogP contribution in [0.2, 0.25) is 0 Å². The van der Waals surface area contributed by atoms with Gasteiger partial charge in [0.2, 0.25) is 0 Å². The second-order valence-electron chi connectivity index (χ2n) is 8.47. The second kappa shape index (κ2) is 9.14. The Kier molecular flexibility index (Phi) is 5.74. The van der Waals surface area contributed by atoms with Gasteiger partial charge in [0.25, 0.3) is 0 Å². The molecule has 5 aromatic carbocycles. The van der Waals surface area contributed by atoms with E-state index in [1.54, 1.807) is 0 Å². The molecule has 0 heteroatoms. The standard InChI is InChI=1S/C33H26/c1-24(2)26-12-6-14-28(20-26)30-16-8-18-32(22-30)33-19-9-17-31(23-33)29-15-7-13-27(21-29)25-10-4-3-5-11-25/h3-23H,1H2,2H3. The van der Waals surface area contributed by atoms with E-state index in [1.807, 2.05) is 6.92 Å². The molecule has 0 unspecified atom stereocenters. The van der Waals surface area contributed by atoms with Gasteiger partial charge in [0.15, 0.2) is 0 Å². The normalized spacial score (nSPS) is 10.7. The molecule has 0 amide bonds. The van der Waals surface area contributed by atoms with E-state index in [4.69, 9.17) is 0 Å². The third kappa shape index (κ3) is 4.56. The average Bonchev–Trinajstić information content (AvgIpc) is 2.89. The largest absolute Gasteiger partial charge is 0.0955 e. The summed E-state index contributed by atoms with van der Waals surface area (Å²) in [6.45, 7) is 6.14. The minimum atomic E-state index is 1.08. The zero-order chi connectivity index (χ0) is 22.6. The predicted octanol–water partition coefficient (Wildman–Crippen LogP) is 9.39. The monoisotopic (exact) mass is 422 g/mol. The molecule has 0 saturated carbocycles. The van der Waals surface area contributed by atoms with Gasteiger partial charge in [-0.1, -0.05) is 115 Å². The molecule has 158 valence electrons. The van der Waals surface area contributed by atoms with Gasteiger partial charge in [-0.05, 0) is 81.3 Å². The molecule has 33 heavy (non-hydrogen) atoms. The summed E-state index contributed by atoms with van der Waals surface area (Å²) in [5, 5.41) is 0. The van der Waals surface area contributed by atoms with Crippen LogP contribution < -0.4 is 0 Å². The van der Waals surface area contributed by atoms with Crippen molar-refractivity contribution in [2.24, 2.45) is 0 Å². The molecule has 0 nitrogen and oxygen atoms in total. The van der Waals surface area contributed by atoms with Crippen molar-refractivity contribution in [3.63, 3.8) is 0 Å². The van der Waals surface area contributed by atoms with Crippen molar-refractivity contribution < 1.29 is 0 Å². The minimum absolute atomic E-state index is 1.08. The van der Waals surface area contributed by atoms with Gasteiger partial charge in [0.05, 0.1) is 0 Å². The van der Waals surface area contributed by atoms with Gasteiger partial charge in [-0.25, -0.2) is 0 Å². The van der Waals surface area contributed by atoms with Crippen molar-refractivity contribution in [1.82, 2.24) is 0 Å². The van der Waals surface area contributed by atoms with Crippen LogP contribution in [0.3, 0.4) is 0 Å². The summed E-state index contributed by atoms with van der Waals surface area (Å²) in [5.41, 5.74) is 12.0. The summed E-state index contributed by atoms with van der Waals surface area (Å²) in [6, 6.07) is 45.5. The third-order valence-electron chi connectivity index (χ3n) is 6.05. The fraction of sp³-hybridized carbons (Fsp3) is 0.0303. The number of hydrogen-bond acceptors (Lipinski definition) is 0. The highest BCUT2D eigenvalue weighted by atomic mass is 14.1. The quantitative estimate of drug-likeness (QED) is 0.265. The van der Waals surface area contributed by atoms with Crippen LogP contribution >= 0.6 is 0 Å². The van der Waals surface area contributed by atoms with Crippen LogP contribution in [0.4, 0.5) is 0 Å². The maximum atomic E-state index is 4.09. The highest BCUT2D eigenvalue weighted by molar-refractivity contribution is 5.79. The van der Waals surface area contributed by atoms with E-state index in [1.165, 1.54) is 50.1 Å². The molecular formula is C33H26. The maximum Gasteiger partial charge on any atom is -0.0178 e. The molecule has 0 radical (unpaired) electrons. The lowest BCUT2D eigenvalue weighted by Gasteiger charge is -2.10. The van der Waals surface area contributed by atoms with E-state index in [-0.39, 0.29) is 0 Å². The van der Waals surface area contributed by atoms with Gasteiger partial charge in [0, 0.05) is 0 Å². The highest BCUT2D eigenvalue weighted by Crippen LogP contribution is 2.32. The molecule has 0 aromatic heterocycles. The van der Waals surface area contributed by atoms with Crippen molar-refractivity contribution in [3.05, 3.63) is 140 Å². The van der Waals surface area contributed by atoms with Gasteiger partial charge in [-0.15, -0.1) is 0 Å². The summed E-state index contributed by atoms with van der Waals surface area (Å²) in [5.74, 6) is 0. The van der Waals surface area contributed by atoms with Crippen molar-refractivity contribution >= 4 is 5.57 Å². The smallest absolute Gasteiger partial charge is 0.0178 e. The fourth-order valence-electron chi connectivity index (χ4n) is 4.23. The van der Waals surface area contributed by atoms with Crippen LogP contribution in [0.25, 0.3) is 50.1 Å². The van der Waals surface area contributed by atoms with Gasteiger partial charge >= 0.3 is 0 Å². The van der Waals surface area contributed by atoms with Gasteiger partial charge < -0.3 is 0 Å². The fourth-order valence-corrected chi connectivity index (χ4v) is 4.23. The number of benzene rings is 5. The molecule has 0 aliphatic carbocycles. The lowest BCUT2D eigenvalue weighted by molar-refractivity contribution is 1.54. The summed E-state index contributed by atoms with van der Waals surface area (Å²) >= 11 is 0. The first-order valence-electron chi connectivity index (χ1n) is 11.3. The maximum absolute atomic E-state index is 4.09. The van der Waals surface area contributed by atoms with Crippen LogP contribution in [0, 0.1) is 0 Å². The lowest BCUT2D eigenvalue weighted by atomic mass is 9.94. The van der Waals surface area contributed by atoms with Gasteiger partial charge in [0.1, 0.15) is 0 Å². The summed E-state index contributed by atoms with van der Waals surface area (Å²) in [6.07, 6.45) is 0. The average molecular weight is 423 g/mol. The Morgan fingerprint density at radius 3 is 1.15 bits per heavy atom. The Balaban J connectivity index is 1.50. The van der Waals surface area contributed by atoms with Crippen molar-refractivity contribution in [2.45, 2.75) is 6.92 Å². The zero-order valence-electron chi connectivity index (χ0n) is 18.8. The van der Waals surface area contributed by atoms with E-state index in [0.717, 1.165) is 5.57 Å². The Labute approximate surface area is 196 Å². The molecule has 0 saturated heterocycles. The van der Waals surface area contributed by atoms with Crippen molar-refractivity contribution in [1.29, 1.82) is 0 Å². The Bertz CT molecular complexity index is 1420. The van der Waals surface area contributed by atoms with Crippen LogP contribution in [0.15, 0.2) is 134 Å². The third-order valence-corrected chi connectivity index (χ3v) is 6.05. The molecule has 5 rings (SSSR count). The topological polar surface area (TPSA) is 0 Å². The van der Waals surface area contributed by atoms with E-state index >= 15 is 0 Å². The molecule has 0 spiro atoms. The van der Waals surface area contributed by atoms with E-state index in [0.29, 0.717) is 0 Å². The Morgan fingerprint density at radius 1 is 0.394 bits per heavy atom. The van der Waals surface area contributed by atoms with E-state index in [2.05, 4.69) is 134 Å². The number of hydrogen-bond donors (Lipinski definition) is 0. The predicted molar refractivity (Wildman–Crippen MR) is 143 cm³/mol. The molecular weight excluding hydrogens is 396 g/mol. The first kappa shape index (κ1) is 20.7. The summed E-state index contributed by atoms with van der Waals surface area (Å²) in [4.78, 5) is 0.